The molecule has 0 aliphatic heterocycles. The zero-order valence-corrected chi connectivity index (χ0v) is 16.3. The van der Waals surface area contributed by atoms with Crippen LogP contribution in [0.3, 0.4) is 0 Å². The zero-order valence-electron chi connectivity index (χ0n) is 15.4. The minimum absolute atomic E-state index is 0.109. The number of ether oxygens (including phenoxy) is 2. The summed E-state index contributed by atoms with van der Waals surface area (Å²) in [5, 5.41) is 21.1. The third-order valence-corrected chi connectivity index (χ3v) is 4.91. The van der Waals surface area contributed by atoms with Gasteiger partial charge in [-0.15, -0.1) is 15.0 Å². The van der Waals surface area contributed by atoms with Crippen molar-refractivity contribution in [3.05, 3.63) is 42.0 Å². The number of benzene rings is 2. The number of carbonyl (C=O) groups excluding carboxylic acids is 1. The first-order valence-electron chi connectivity index (χ1n) is 8.24. The van der Waals surface area contributed by atoms with Gasteiger partial charge in [0.1, 0.15) is 22.5 Å². The van der Waals surface area contributed by atoms with Gasteiger partial charge < -0.3 is 19.9 Å². The summed E-state index contributed by atoms with van der Waals surface area (Å²) in [5.74, 6) is -0.626. The molecule has 1 amide bonds. The highest BCUT2D eigenvalue weighted by Gasteiger charge is 2.16. The molecular weight excluding hydrogens is 404 g/mol. The summed E-state index contributed by atoms with van der Waals surface area (Å²) in [6, 6.07) is 7.81. The Morgan fingerprint density at radius 2 is 1.83 bits per heavy atom. The van der Waals surface area contributed by atoms with Crippen LogP contribution in [0.2, 0.25) is 0 Å². The molecule has 0 radical (unpaired) electrons. The molecule has 2 aromatic carbocycles. The first-order valence-corrected chi connectivity index (χ1v) is 9.68. The molecule has 11 nitrogen and oxygen atoms in total. The van der Waals surface area contributed by atoms with Crippen LogP contribution in [-0.4, -0.2) is 66.0 Å². The SMILES string of the molecule is COC(CNC(=O)c1ccc(O)c(-n2nc3ccc(S(=O)(=O)O)cc3n2)c1)OC. The number of hydrogen-bond acceptors (Lipinski definition) is 8. The number of nitrogens with one attached hydrogen (secondary N) is 1. The molecule has 12 heteroatoms. The third-order valence-electron chi connectivity index (χ3n) is 4.06. The van der Waals surface area contributed by atoms with Gasteiger partial charge in [0.25, 0.3) is 16.0 Å². The summed E-state index contributed by atoms with van der Waals surface area (Å²) in [7, 11) is -1.50. The van der Waals surface area contributed by atoms with Gasteiger partial charge >= 0.3 is 0 Å². The number of rotatable bonds is 7. The smallest absolute Gasteiger partial charge is 0.294 e. The van der Waals surface area contributed by atoms with Crippen LogP contribution >= 0.6 is 0 Å². The topological polar surface area (TPSA) is 153 Å². The number of aromatic nitrogens is 3. The van der Waals surface area contributed by atoms with Gasteiger partial charge in [-0.25, -0.2) is 0 Å². The first kappa shape index (κ1) is 20.7. The Kier molecular flexibility index (Phi) is 5.79. The molecule has 0 bridgehead atoms. The number of phenolic OH excluding ortho intramolecular Hbond substituents is 1. The van der Waals surface area contributed by atoms with E-state index in [9.17, 15) is 18.3 Å². The lowest BCUT2D eigenvalue weighted by atomic mass is 10.1. The van der Waals surface area contributed by atoms with Crippen LogP contribution in [0.4, 0.5) is 0 Å². The van der Waals surface area contributed by atoms with Crippen molar-refractivity contribution in [3.8, 4) is 11.4 Å². The van der Waals surface area contributed by atoms with Crippen molar-refractivity contribution in [2.45, 2.75) is 11.2 Å². The highest BCUT2D eigenvalue weighted by atomic mass is 32.2. The molecule has 0 spiro atoms. The average Bonchev–Trinajstić information content (AvgIpc) is 3.11. The van der Waals surface area contributed by atoms with Crippen LogP contribution in [-0.2, 0) is 19.6 Å². The van der Waals surface area contributed by atoms with Crippen molar-refractivity contribution >= 4 is 27.1 Å². The monoisotopic (exact) mass is 422 g/mol. The summed E-state index contributed by atoms with van der Waals surface area (Å²) < 4.78 is 41.7. The van der Waals surface area contributed by atoms with Crippen molar-refractivity contribution in [2.75, 3.05) is 20.8 Å². The van der Waals surface area contributed by atoms with Crippen molar-refractivity contribution in [3.63, 3.8) is 0 Å². The highest BCUT2D eigenvalue weighted by molar-refractivity contribution is 7.85. The van der Waals surface area contributed by atoms with Crippen molar-refractivity contribution in [2.24, 2.45) is 0 Å². The summed E-state index contributed by atoms with van der Waals surface area (Å²) in [5.41, 5.74) is 0.841. The predicted molar refractivity (Wildman–Crippen MR) is 100 cm³/mol. The van der Waals surface area contributed by atoms with E-state index in [1.165, 1.54) is 44.6 Å². The predicted octanol–water partition coefficient (Wildman–Crippen LogP) is 0.722. The molecule has 3 rings (SSSR count). The molecule has 0 fully saturated rings. The molecule has 0 atom stereocenters. The maximum atomic E-state index is 12.4. The molecule has 1 heterocycles. The van der Waals surface area contributed by atoms with E-state index in [4.69, 9.17) is 14.0 Å². The quantitative estimate of drug-likeness (QED) is 0.369. The lowest BCUT2D eigenvalue weighted by molar-refractivity contribution is -0.0974. The highest BCUT2D eigenvalue weighted by Crippen LogP contribution is 2.24. The van der Waals surface area contributed by atoms with Crippen LogP contribution < -0.4 is 5.32 Å². The van der Waals surface area contributed by atoms with E-state index >= 15 is 0 Å². The largest absolute Gasteiger partial charge is 0.506 e. The fourth-order valence-electron chi connectivity index (χ4n) is 2.53. The zero-order chi connectivity index (χ0) is 21.2. The Morgan fingerprint density at radius 3 is 2.48 bits per heavy atom. The molecule has 0 aliphatic rings. The van der Waals surface area contributed by atoms with E-state index in [1.807, 2.05) is 0 Å². The number of aromatic hydroxyl groups is 1. The van der Waals surface area contributed by atoms with Crippen LogP contribution in [0.1, 0.15) is 10.4 Å². The Morgan fingerprint density at radius 1 is 1.14 bits per heavy atom. The number of carbonyl (C=O) groups is 1. The van der Waals surface area contributed by atoms with E-state index in [1.54, 1.807) is 0 Å². The lowest BCUT2D eigenvalue weighted by Crippen LogP contribution is -2.34. The van der Waals surface area contributed by atoms with Gasteiger partial charge in [-0.1, -0.05) is 0 Å². The summed E-state index contributed by atoms with van der Waals surface area (Å²) in [6.45, 7) is 0.115. The fourth-order valence-corrected chi connectivity index (χ4v) is 3.03. The molecule has 0 unspecified atom stereocenters. The van der Waals surface area contributed by atoms with E-state index in [0.717, 1.165) is 10.9 Å². The first-order chi connectivity index (χ1) is 13.7. The third kappa shape index (κ3) is 4.51. The molecule has 1 aromatic heterocycles. The maximum absolute atomic E-state index is 12.4. The van der Waals surface area contributed by atoms with Crippen LogP contribution in [0.15, 0.2) is 41.3 Å². The van der Waals surface area contributed by atoms with Gasteiger partial charge in [0.15, 0.2) is 6.29 Å². The van der Waals surface area contributed by atoms with E-state index in [2.05, 4.69) is 15.5 Å². The number of amides is 1. The van der Waals surface area contributed by atoms with E-state index < -0.39 is 22.3 Å². The van der Waals surface area contributed by atoms with Crippen molar-refractivity contribution in [1.82, 2.24) is 20.3 Å². The summed E-state index contributed by atoms with van der Waals surface area (Å²) in [6.07, 6.45) is -0.606. The normalized spacial score (nSPS) is 11.9. The molecule has 3 N–H and O–H groups in total. The van der Waals surface area contributed by atoms with Gasteiger partial charge in [-0.3, -0.25) is 9.35 Å². The number of methoxy groups -OCH3 is 2. The second kappa shape index (κ2) is 8.13. The summed E-state index contributed by atoms with van der Waals surface area (Å²) in [4.78, 5) is 13.1. The fraction of sp³-hybridized carbons (Fsp3) is 0.235. The van der Waals surface area contributed by atoms with Gasteiger partial charge in [0.2, 0.25) is 0 Å². The number of phenols is 1. The van der Waals surface area contributed by atoms with Crippen LogP contribution in [0, 0.1) is 0 Å². The molecule has 0 aliphatic carbocycles. The van der Waals surface area contributed by atoms with Gasteiger partial charge in [-0.2, -0.15) is 8.42 Å². The van der Waals surface area contributed by atoms with Crippen molar-refractivity contribution in [1.29, 1.82) is 0 Å². The number of hydrogen-bond donors (Lipinski definition) is 3. The van der Waals surface area contributed by atoms with Crippen LogP contribution in [0.5, 0.6) is 5.75 Å². The number of fused-ring (bicyclic) bond motifs is 1. The Balaban J connectivity index is 1.92. The second-order valence-electron chi connectivity index (χ2n) is 5.93. The molecular formula is C17H18N4O7S. The minimum Gasteiger partial charge on any atom is -0.506 e. The van der Waals surface area contributed by atoms with Gasteiger partial charge in [0.05, 0.1) is 11.4 Å². The van der Waals surface area contributed by atoms with Gasteiger partial charge in [0, 0.05) is 19.8 Å². The summed E-state index contributed by atoms with van der Waals surface area (Å²) >= 11 is 0. The average molecular weight is 422 g/mol. The Labute approximate surface area is 165 Å². The van der Waals surface area contributed by atoms with Gasteiger partial charge in [-0.05, 0) is 36.4 Å². The van der Waals surface area contributed by atoms with Crippen molar-refractivity contribution < 1.29 is 32.3 Å². The standard InChI is InChI=1S/C17H18N4O7S/c1-27-16(28-2)9-18-17(23)10-3-6-15(22)14(7-10)21-19-12-5-4-11(29(24,25)26)8-13(12)20-21/h3-8,16,22H,9H2,1-2H3,(H,18,23)(H,24,25,26). The van der Waals surface area contributed by atoms with E-state index in [0.29, 0.717) is 5.52 Å². The number of nitrogens with zero attached hydrogens (tertiary/aromatic N) is 3. The maximum Gasteiger partial charge on any atom is 0.294 e. The molecule has 29 heavy (non-hydrogen) atoms. The second-order valence-corrected chi connectivity index (χ2v) is 7.35. The minimum atomic E-state index is -4.39. The van der Waals surface area contributed by atoms with E-state index in [-0.39, 0.29) is 34.0 Å². The Hall–Kier alpha value is -3.06. The molecule has 154 valence electrons. The van der Waals surface area contributed by atoms with Crippen LogP contribution in [0.25, 0.3) is 16.7 Å². The lowest BCUT2D eigenvalue weighted by Gasteiger charge is -2.14. The Bertz CT molecular complexity index is 1160. The molecule has 0 saturated heterocycles. The molecule has 0 saturated carbocycles. The molecule has 3 aromatic rings.